The van der Waals surface area contributed by atoms with Crippen molar-refractivity contribution in [3.63, 3.8) is 0 Å². The summed E-state index contributed by atoms with van der Waals surface area (Å²) in [7, 11) is 0. The highest BCUT2D eigenvalue weighted by molar-refractivity contribution is 7.18. The number of thiazole rings is 1. The number of Topliss-reactive ketones (excluding diaryl/α,β-unsaturated/α-hetero) is 1. The molecule has 0 radical (unpaired) electrons. The summed E-state index contributed by atoms with van der Waals surface area (Å²) in [6, 6.07) is 11.8. The summed E-state index contributed by atoms with van der Waals surface area (Å²) in [5, 5.41) is 3.88. The van der Waals surface area contributed by atoms with E-state index in [0.29, 0.717) is 13.0 Å². The van der Waals surface area contributed by atoms with Gasteiger partial charge in [-0.3, -0.25) is 9.59 Å². The van der Waals surface area contributed by atoms with E-state index in [9.17, 15) is 9.59 Å². The summed E-state index contributed by atoms with van der Waals surface area (Å²) in [6.07, 6.45) is 1.20. The monoisotopic (exact) mass is 358 g/mol. The van der Waals surface area contributed by atoms with Crippen LogP contribution < -0.4 is 5.32 Å². The molecule has 0 spiro atoms. The van der Waals surface area contributed by atoms with E-state index in [0.717, 1.165) is 25.0 Å². The normalized spacial score (nSPS) is 10.9. The van der Waals surface area contributed by atoms with Crippen LogP contribution in [0.3, 0.4) is 0 Å². The van der Waals surface area contributed by atoms with Crippen molar-refractivity contribution in [2.24, 2.45) is 0 Å². The minimum Gasteiger partial charge on any atom is -0.356 e. The van der Waals surface area contributed by atoms with E-state index < -0.39 is 0 Å². The first-order chi connectivity index (χ1) is 11.6. The van der Waals surface area contributed by atoms with Gasteiger partial charge in [-0.2, -0.15) is 0 Å². The van der Waals surface area contributed by atoms with Crippen LogP contribution >= 0.6 is 22.7 Å². The van der Waals surface area contributed by atoms with Crippen LogP contribution in [0.15, 0.2) is 36.4 Å². The Bertz CT molecular complexity index is 834. The number of thiophene rings is 1. The maximum Gasteiger partial charge on any atom is 0.220 e. The Morgan fingerprint density at radius 1 is 1.08 bits per heavy atom. The van der Waals surface area contributed by atoms with Crippen LogP contribution in [0.2, 0.25) is 0 Å². The average Bonchev–Trinajstić information content (AvgIpc) is 3.18. The second-order valence-electron chi connectivity index (χ2n) is 5.51. The number of nitrogens with one attached hydrogen (secondary N) is 1. The van der Waals surface area contributed by atoms with Crippen LogP contribution in [-0.4, -0.2) is 23.2 Å². The molecule has 0 aliphatic rings. The minimum absolute atomic E-state index is 0.0365. The summed E-state index contributed by atoms with van der Waals surface area (Å²) < 4.78 is 1.16. The number of aromatic nitrogens is 1. The van der Waals surface area contributed by atoms with E-state index in [-0.39, 0.29) is 24.5 Å². The Morgan fingerprint density at radius 3 is 2.67 bits per heavy atom. The number of para-hydroxylation sites is 1. The number of amides is 1. The molecule has 1 aromatic carbocycles. The van der Waals surface area contributed by atoms with Crippen LogP contribution in [0.1, 0.15) is 32.4 Å². The highest BCUT2D eigenvalue weighted by atomic mass is 32.1. The van der Waals surface area contributed by atoms with Crippen molar-refractivity contribution in [3.8, 4) is 0 Å². The molecule has 3 aromatic rings. The Balaban J connectivity index is 1.41. The Morgan fingerprint density at radius 2 is 1.92 bits per heavy atom. The predicted octanol–water partition coefficient (Wildman–Crippen LogP) is 3.99. The third-order valence-electron chi connectivity index (χ3n) is 3.59. The van der Waals surface area contributed by atoms with Crippen molar-refractivity contribution in [1.29, 1.82) is 0 Å². The third-order valence-corrected chi connectivity index (χ3v) is 5.73. The van der Waals surface area contributed by atoms with E-state index in [1.807, 2.05) is 43.3 Å². The first-order valence-electron chi connectivity index (χ1n) is 7.82. The van der Waals surface area contributed by atoms with Crippen LogP contribution in [0, 0.1) is 6.92 Å². The number of aryl methyl sites for hydroxylation is 1. The number of fused-ring (bicyclic) bond motifs is 1. The van der Waals surface area contributed by atoms with E-state index in [4.69, 9.17) is 0 Å². The van der Waals surface area contributed by atoms with Crippen LogP contribution in [0.5, 0.6) is 0 Å². The van der Waals surface area contributed by atoms with Gasteiger partial charge in [0.05, 0.1) is 20.1 Å². The van der Waals surface area contributed by atoms with Crippen molar-refractivity contribution in [2.75, 3.05) is 6.54 Å². The van der Waals surface area contributed by atoms with Gasteiger partial charge in [0, 0.05) is 30.7 Å². The molecule has 4 nitrogen and oxygen atoms in total. The van der Waals surface area contributed by atoms with E-state index in [2.05, 4.69) is 10.3 Å². The number of hydrogen-bond acceptors (Lipinski definition) is 5. The topological polar surface area (TPSA) is 59.1 Å². The van der Waals surface area contributed by atoms with E-state index in [1.54, 1.807) is 11.3 Å². The summed E-state index contributed by atoms with van der Waals surface area (Å²) >= 11 is 3.13. The molecule has 0 aliphatic carbocycles. The van der Waals surface area contributed by atoms with Gasteiger partial charge in [0.2, 0.25) is 5.91 Å². The lowest BCUT2D eigenvalue weighted by atomic mass is 10.2. The molecule has 0 unspecified atom stereocenters. The van der Waals surface area contributed by atoms with Crippen LogP contribution in [0.4, 0.5) is 0 Å². The zero-order valence-electron chi connectivity index (χ0n) is 13.4. The molecule has 124 valence electrons. The molecule has 3 rings (SSSR count). The lowest BCUT2D eigenvalue weighted by Crippen LogP contribution is -2.25. The SMILES string of the molecule is Cc1ccc(C(=O)CCC(=O)NCCc2nc3ccccc3s2)s1. The molecule has 24 heavy (non-hydrogen) atoms. The van der Waals surface area contributed by atoms with Gasteiger partial charge in [0.15, 0.2) is 5.78 Å². The number of nitrogens with zero attached hydrogens (tertiary/aromatic N) is 1. The molecule has 0 saturated heterocycles. The highest BCUT2D eigenvalue weighted by Gasteiger charge is 2.11. The number of rotatable bonds is 7. The standard InChI is InChI=1S/C18H18N2O2S2/c1-12-6-8-16(23-12)14(21)7-9-17(22)19-11-10-18-20-13-4-2-3-5-15(13)24-18/h2-6,8H,7,9-11H2,1H3,(H,19,22). The van der Waals surface area contributed by atoms with Crippen molar-refractivity contribution < 1.29 is 9.59 Å². The highest BCUT2D eigenvalue weighted by Crippen LogP contribution is 2.21. The fourth-order valence-electron chi connectivity index (χ4n) is 2.36. The molecule has 0 bridgehead atoms. The Labute approximate surface area is 148 Å². The molecule has 1 amide bonds. The summed E-state index contributed by atoms with van der Waals surface area (Å²) in [5.74, 6) is -0.0489. The molecular formula is C18H18N2O2S2. The van der Waals surface area contributed by atoms with Gasteiger partial charge < -0.3 is 5.32 Å². The molecule has 6 heteroatoms. The van der Waals surface area contributed by atoms with Gasteiger partial charge in [-0.1, -0.05) is 12.1 Å². The van der Waals surface area contributed by atoms with Gasteiger partial charge >= 0.3 is 0 Å². The van der Waals surface area contributed by atoms with E-state index >= 15 is 0 Å². The predicted molar refractivity (Wildman–Crippen MR) is 99.0 cm³/mol. The van der Waals surface area contributed by atoms with Crippen molar-refractivity contribution in [2.45, 2.75) is 26.2 Å². The number of benzene rings is 1. The summed E-state index contributed by atoms with van der Waals surface area (Å²) in [4.78, 5) is 30.2. The number of hydrogen-bond donors (Lipinski definition) is 1. The quantitative estimate of drug-likeness (QED) is 0.650. The molecule has 0 saturated carbocycles. The second kappa shape index (κ2) is 7.68. The first kappa shape index (κ1) is 16.8. The Hall–Kier alpha value is -2.05. The largest absolute Gasteiger partial charge is 0.356 e. The zero-order valence-corrected chi connectivity index (χ0v) is 15.0. The van der Waals surface area contributed by atoms with Gasteiger partial charge in [0.1, 0.15) is 0 Å². The molecular weight excluding hydrogens is 340 g/mol. The molecule has 2 aromatic heterocycles. The first-order valence-corrected chi connectivity index (χ1v) is 9.46. The number of ketones is 1. The maximum absolute atomic E-state index is 12.0. The van der Waals surface area contributed by atoms with E-state index in [1.165, 1.54) is 11.3 Å². The fourth-order valence-corrected chi connectivity index (χ4v) is 4.16. The maximum atomic E-state index is 12.0. The van der Waals surface area contributed by atoms with Crippen molar-refractivity contribution in [3.05, 3.63) is 51.2 Å². The van der Waals surface area contributed by atoms with Crippen LogP contribution in [0.25, 0.3) is 10.2 Å². The average molecular weight is 358 g/mol. The van der Waals surface area contributed by atoms with Gasteiger partial charge in [-0.05, 0) is 31.2 Å². The zero-order chi connectivity index (χ0) is 16.9. The molecule has 0 fully saturated rings. The van der Waals surface area contributed by atoms with Crippen molar-refractivity contribution in [1.82, 2.24) is 10.3 Å². The molecule has 1 N–H and O–H groups in total. The van der Waals surface area contributed by atoms with Gasteiger partial charge in [-0.15, -0.1) is 22.7 Å². The minimum atomic E-state index is -0.0854. The lowest BCUT2D eigenvalue weighted by Gasteiger charge is -2.03. The Kier molecular flexibility index (Phi) is 5.37. The molecule has 0 aliphatic heterocycles. The smallest absolute Gasteiger partial charge is 0.220 e. The number of carbonyl (C=O) groups is 2. The van der Waals surface area contributed by atoms with Gasteiger partial charge in [-0.25, -0.2) is 4.98 Å². The second-order valence-corrected chi connectivity index (χ2v) is 7.91. The number of carbonyl (C=O) groups excluding carboxylic acids is 2. The summed E-state index contributed by atoms with van der Waals surface area (Å²) in [6.45, 7) is 2.52. The molecule has 2 heterocycles. The lowest BCUT2D eigenvalue weighted by molar-refractivity contribution is -0.121. The molecule has 0 atom stereocenters. The van der Waals surface area contributed by atoms with Crippen molar-refractivity contribution >= 4 is 44.6 Å². The van der Waals surface area contributed by atoms with Crippen LogP contribution in [-0.2, 0) is 11.2 Å². The third kappa shape index (κ3) is 4.27. The fraction of sp³-hybridized carbons (Fsp3) is 0.278. The van der Waals surface area contributed by atoms with Gasteiger partial charge in [0.25, 0.3) is 0 Å². The summed E-state index contributed by atoms with van der Waals surface area (Å²) in [5.41, 5.74) is 1.00.